The van der Waals surface area contributed by atoms with E-state index in [-0.39, 0.29) is 5.69 Å². The first-order valence-electron chi connectivity index (χ1n) is 7.80. The summed E-state index contributed by atoms with van der Waals surface area (Å²) in [6, 6.07) is 24.5. The van der Waals surface area contributed by atoms with Crippen molar-refractivity contribution in [3.05, 3.63) is 112 Å². The Kier molecular flexibility index (Phi) is 7.23. The Morgan fingerprint density at radius 2 is 0.963 bits per heavy atom. The van der Waals surface area contributed by atoms with Gasteiger partial charge in [-0.05, 0) is 24.3 Å². The standard InChI is InChI=1S/C14H10O4.C6H5NO2/c15-13(11-7-3-1-4-8-11)17-18-14(16)12-9-5-2-6-10-12;8-7(9)6-4-2-1-3-5-6/h1-10H;1-5H. The second-order valence-corrected chi connectivity index (χ2v) is 5.07. The number of nitrogens with zero attached hydrogens (tertiary/aromatic N) is 1. The number of rotatable bonds is 3. The number of carbonyl (C=O) groups is 2. The number of nitro benzene ring substituents is 1. The molecule has 0 aliphatic carbocycles. The van der Waals surface area contributed by atoms with E-state index in [0.29, 0.717) is 11.1 Å². The van der Waals surface area contributed by atoms with Crippen LogP contribution in [0.15, 0.2) is 91.0 Å². The molecule has 0 N–H and O–H groups in total. The number of hydrogen-bond acceptors (Lipinski definition) is 6. The minimum Gasteiger partial charge on any atom is -0.258 e. The summed E-state index contributed by atoms with van der Waals surface area (Å²) < 4.78 is 0. The van der Waals surface area contributed by atoms with Crippen LogP contribution >= 0.6 is 0 Å². The van der Waals surface area contributed by atoms with E-state index in [2.05, 4.69) is 9.78 Å². The highest BCUT2D eigenvalue weighted by Crippen LogP contribution is 2.07. The molecule has 0 aromatic heterocycles. The van der Waals surface area contributed by atoms with Gasteiger partial charge >= 0.3 is 11.9 Å². The van der Waals surface area contributed by atoms with E-state index in [0.717, 1.165) is 0 Å². The van der Waals surface area contributed by atoms with Gasteiger partial charge in [0, 0.05) is 12.1 Å². The third kappa shape index (κ3) is 6.43. The molecule has 7 heteroatoms. The third-order valence-corrected chi connectivity index (χ3v) is 3.18. The average Bonchev–Trinajstić information content (AvgIpc) is 2.74. The second kappa shape index (κ2) is 10.1. The zero-order valence-corrected chi connectivity index (χ0v) is 14.1. The van der Waals surface area contributed by atoms with Crippen molar-refractivity contribution < 1.29 is 24.3 Å². The first-order chi connectivity index (χ1) is 13.1. The molecule has 136 valence electrons. The number of benzene rings is 3. The van der Waals surface area contributed by atoms with E-state index in [1.807, 2.05) is 0 Å². The zero-order chi connectivity index (χ0) is 19.5. The van der Waals surface area contributed by atoms with E-state index in [4.69, 9.17) is 0 Å². The highest BCUT2D eigenvalue weighted by Gasteiger charge is 2.13. The van der Waals surface area contributed by atoms with Crippen LogP contribution in [-0.2, 0) is 9.78 Å². The molecule has 0 saturated heterocycles. The minimum absolute atomic E-state index is 0.137. The van der Waals surface area contributed by atoms with Gasteiger partial charge in [-0.2, -0.15) is 0 Å². The van der Waals surface area contributed by atoms with Crippen LogP contribution in [0.4, 0.5) is 5.69 Å². The van der Waals surface area contributed by atoms with Crippen molar-refractivity contribution in [3.63, 3.8) is 0 Å². The Morgan fingerprint density at radius 3 is 1.26 bits per heavy atom. The summed E-state index contributed by atoms with van der Waals surface area (Å²) in [5, 5.41) is 10.0. The van der Waals surface area contributed by atoms with Gasteiger partial charge in [0.2, 0.25) is 0 Å². The molecule has 3 aromatic carbocycles. The Hall–Kier alpha value is -4.00. The molecule has 7 nitrogen and oxygen atoms in total. The monoisotopic (exact) mass is 365 g/mol. The van der Waals surface area contributed by atoms with Gasteiger partial charge in [-0.1, -0.05) is 54.6 Å². The van der Waals surface area contributed by atoms with Gasteiger partial charge in [-0.15, -0.1) is 0 Å². The van der Waals surface area contributed by atoms with Crippen LogP contribution < -0.4 is 0 Å². The van der Waals surface area contributed by atoms with Gasteiger partial charge in [0.25, 0.3) is 5.69 Å². The Labute approximate surface area is 154 Å². The molecule has 0 amide bonds. The molecule has 0 aliphatic rings. The fourth-order valence-corrected chi connectivity index (χ4v) is 1.87. The lowest BCUT2D eigenvalue weighted by atomic mass is 10.2. The summed E-state index contributed by atoms with van der Waals surface area (Å²) in [5.74, 6) is -1.42. The summed E-state index contributed by atoms with van der Waals surface area (Å²) >= 11 is 0. The van der Waals surface area contributed by atoms with Crippen LogP contribution in [0.3, 0.4) is 0 Å². The number of non-ortho nitro benzene ring substituents is 1. The summed E-state index contributed by atoms with van der Waals surface area (Å²) in [7, 11) is 0. The average molecular weight is 365 g/mol. The van der Waals surface area contributed by atoms with Crippen LogP contribution in [0.5, 0.6) is 0 Å². The Balaban J connectivity index is 0.000000244. The summed E-state index contributed by atoms with van der Waals surface area (Å²) in [6.07, 6.45) is 0. The van der Waals surface area contributed by atoms with E-state index in [9.17, 15) is 19.7 Å². The Bertz CT molecular complexity index is 831. The molecule has 27 heavy (non-hydrogen) atoms. The molecule has 3 rings (SSSR count). The summed E-state index contributed by atoms with van der Waals surface area (Å²) in [4.78, 5) is 41.5. The van der Waals surface area contributed by atoms with Gasteiger partial charge in [-0.25, -0.2) is 19.4 Å². The third-order valence-electron chi connectivity index (χ3n) is 3.18. The van der Waals surface area contributed by atoms with Crippen LogP contribution in [-0.4, -0.2) is 16.9 Å². The van der Waals surface area contributed by atoms with Gasteiger partial charge < -0.3 is 0 Å². The second-order valence-electron chi connectivity index (χ2n) is 5.07. The largest absolute Gasteiger partial charge is 0.386 e. The zero-order valence-electron chi connectivity index (χ0n) is 14.1. The smallest absolute Gasteiger partial charge is 0.258 e. The summed E-state index contributed by atoms with van der Waals surface area (Å²) in [5.41, 5.74) is 0.772. The minimum atomic E-state index is -0.708. The van der Waals surface area contributed by atoms with Crippen LogP contribution in [0.2, 0.25) is 0 Å². The molecule has 0 atom stereocenters. The van der Waals surface area contributed by atoms with Gasteiger partial charge in [0.05, 0.1) is 16.1 Å². The van der Waals surface area contributed by atoms with E-state index in [1.165, 1.54) is 12.1 Å². The lowest BCUT2D eigenvalue weighted by molar-refractivity contribution is -0.384. The molecule has 0 aliphatic heterocycles. The fraction of sp³-hybridized carbons (Fsp3) is 0. The van der Waals surface area contributed by atoms with Crippen LogP contribution in [0.1, 0.15) is 20.7 Å². The van der Waals surface area contributed by atoms with Crippen molar-refractivity contribution >= 4 is 17.6 Å². The van der Waals surface area contributed by atoms with Crippen LogP contribution in [0, 0.1) is 10.1 Å². The lowest BCUT2D eigenvalue weighted by Crippen LogP contribution is -2.11. The lowest BCUT2D eigenvalue weighted by Gasteiger charge is -2.02. The first kappa shape index (κ1) is 19.3. The summed E-state index contributed by atoms with van der Waals surface area (Å²) in [6.45, 7) is 0. The molecule has 0 heterocycles. The SMILES string of the molecule is O=C(OOC(=O)c1ccccc1)c1ccccc1.O=[N+]([O-])c1ccccc1. The highest BCUT2D eigenvalue weighted by atomic mass is 17.2. The number of para-hydroxylation sites is 1. The maximum atomic E-state index is 11.5. The molecule has 3 aromatic rings. The fourth-order valence-electron chi connectivity index (χ4n) is 1.87. The van der Waals surface area contributed by atoms with Gasteiger partial charge in [0.1, 0.15) is 0 Å². The molecule has 0 unspecified atom stereocenters. The van der Waals surface area contributed by atoms with Crippen molar-refractivity contribution in [1.29, 1.82) is 0 Å². The predicted molar refractivity (Wildman–Crippen MR) is 96.8 cm³/mol. The van der Waals surface area contributed by atoms with Gasteiger partial charge in [-0.3, -0.25) is 10.1 Å². The van der Waals surface area contributed by atoms with E-state index in [1.54, 1.807) is 78.9 Å². The molecular formula is C20H15NO6. The van der Waals surface area contributed by atoms with Crippen molar-refractivity contribution in [3.8, 4) is 0 Å². The van der Waals surface area contributed by atoms with Crippen molar-refractivity contribution in [2.24, 2.45) is 0 Å². The number of nitro groups is 1. The van der Waals surface area contributed by atoms with Crippen LogP contribution in [0.25, 0.3) is 0 Å². The number of carbonyl (C=O) groups excluding carboxylic acids is 2. The van der Waals surface area contributed by atoms with E-state index >= 15 is 0 Å². The molecule has 0 saturated carbocycles. The number of hydrogen-bond donors (Lipinski definition) is 0. The van der Waals surface area contributed by atoms with Crippen molar-refractivity contribution in [1.82, 2.24) is 0 Å². The predicted octanol–water partition coefficient (Wildman–Crippen LogP) is 4.21. The van der Waals surface area contributed by atoms with Crippen molar-refractivity contribution in [2.75, 3.05) is 0 Å². The first-order valence-corrected chi connectivity index (χ1v) is 7.80. The quantitative estimate of drug-likeness (QED) is 0.392. The highest BCUT2D eigenvalue weighted by molar-refractivity contribution is 5.92. The molecule has 0 radical (unpaired) electrons. The normalized spacial score (nSPS) is 9.33. The topological polar surface area (TPSA) is 95.7 Å². The Morgan fingerprint density at radius 1 is 0.630 bits per heavy atom. The molecule has 0 fully saturated rings. The van der Waals surface area contributed by atoms with Gasteiger partial charge in [0.15, 0.2) is 0 Å². The molecule has 0 spiro atoms. The molecular weight excluding hydrogens is 350 g/mol. The van der Waals surface area contributed by atoms with E-state index < -0.39 is 16.9 Å². The maximum absolute atomic E-state index is 11.5. The maximum Gasteiger partial charge on any atom is 0.386 e. The van der Waals surface area contributed by atoms with Crippen molar-refractivity contribution in [2.45, 2.75) is 0 Å². The molecule has 0 bridgehead atoms.